The second-order valence-corrected chi connectivity index (χ2v) is 6.06. The van der Waals surface area contributed by atoms with Crippen LogP contribution in [0.4, 0.5) is 4.39 Å². The van der Waals surface area contributed by atoms with Crippen LogP contribution in [-0.4, -0.2) is 11.8 Å². The Labute approximate surface area is 157 Å². The number of nitrogens with one attached hydrogen (secondary N) is 2. The summed E-state index contributed by atoms with van der Waals surface area (Å²) in [5.41, 5.74) is 2.60. The van der Waals surface area contributed by atoms with E-state index in [1.165, 1.54) is 12.1 Å². The lowest BCUT2D eigenvalue weighted by molar-refractivity contribution is 0.0950. The van der Waals surface area contributed by atoms with Gasteiger partial charge < -0.3 is 10.6 Å². The van der Waals surface area contributed by atoms with Crippen molar-refractivity contribution in [2.24, 2.45) is 0 Å². The van der Waals surface area contributed by atoms with Crippen LogP contribution in [0.3, 0.4) is 0 Å². The van der Waals surface area contributed by atoms with Gasteiger partial charge in [-0.1, -0.05) is 48.5 Å². The smallest absolute Gasteiger partial charge is 0.251 e. The molecule has 0 bridgehead atoms. The van der Waals surface area contributed by atoms with Gasteiger partial charge >= 0.3 is 0 Å². The maximum atomic E-state index is 12.9. The molecule has 4 nitrogen and oxygen atoms in total. The minimum Gasteiger partial charge on any atom is -0.348 e. The van der Waals surface area contributed by atoms with Crippen LogP contribution in [0.5, 0.6) is 0 Å². The summed E-state index contributed by atoms with van der Waals surface area (Å²) in [4.78, 5) is 24.6. The third-order valence-corrected chi connectivity index (χ3v) is 4.05. The summed E-state index contributed by atoms with van der Waals surface area (Å²) in [6.07, 6.45) is 0. The number of rotatable bonds is 6. The Kier molecular flexibility index (Phi) is 5.94. The van der Waals surface area contributed by atoms with Gasteiger partial charge in [-0.15, -0.1) is 0 Å². The maximum absolute atomic E-state index is 12.9. The predicted molar refractivity (Wildman–Crippen MR) is 102 cm³/mol. The molecule has 0 saturated heterocycles. The highest BCUT2D eigenvalue weighted by Gasteiger charge is 2.10. The van der Waals surface area contributed by atoms with E-state index in [2.05, 4.69) is 10.6 Å². The Balaban J connectivity index is 1.59. The number of halogens is 1. The Morgan fingerprint density at radius 2 is 1.19 bits per heavy atom. The Bertz CT molecular complexity index is 925. The lowest BCUT2D eigenvalue weighted by atomic mass is 10.1. The highest BCUT2D eigenvalue weighted by atomic mass is 19.1. The molecule has 27 heavy (non-hydrogen) atoms. The molecule has 0 spiro atoms. The third kappa shape index (κ3) is 5.25. The van der Waals surface area contributed by atoms with Gasteiger partial charge in [0.15, 0.2) is 0 Å². The highest BCUT2D eigenvalue weighted by molar-refractivity contribution is 5.99. The zero-order valence-corrected chi connectivity index (χ0v) is 14.6. The fourth-order valence-electron chi connectivity index (χ4n) is 2.57. The third-order valence-electron chi connectivity index (χ3n) is 4.05. The first-order valence-electron chi connectivity index (χ1n) is 8.56. The molecule has 136 valence electrons. The highest BCUT2D eigenvalue weighted by Crippen LogP contribution is 2.08. The zero-order valence-electron chi connectivity index (χ0n) is 14.6. The minimum absolute atomic E-state index is 0.243. The number of hydrogen-bond donors (Lipinski definition) is 2. The fraction of sp³-hybridized carbons (Fsp3) is 0.0909. The van der Waals surface area contributed by atoms with E-state index >= 15 is 0 Å². The van der Waals surface area contributed by atoms with Crippen LogP contribution in [0, 0.1) is 5.82 Å². The van der Waals surface area contributed by atoms with Crippen molar-refractivity contribution >= 4 is 11.8 Å². The van der Waals surface area contributed by atoms with Crippen LogP contribution in [0.2, 0.25) is 0 Å². The number of carbonyl (C=O) groups is 2. The molecule has 0 aliphatic rings. The first-order chi connectivity index (χ1) is 13.1. The second kappa shape index (κ2) is 8.76. The van der Waals surface area contributed by atoms with Crippen LogP contribution >= 0.6 is 0 Å². The van der Waals surface area contributed by atoms with Crippen LogP contribution in [-0.2, 0) is 13.1 Å². The number of hydrogen-bond acceptors (Lipinski definition) is 2. The van der Waals surface area contributed by atoms with Gasteiger partial charge in [-0.05, 0) is 41.5 Å². The molecule has 0 unspecified atom stereocenters. The number of amides is 2. The first-order valence-corrected chi connectivity index (χ1v) is 8.56. The molecular formula is C22H19FN2O2. The second-order valence-electron chi connectivity index (χ2n) is 6.06. The van der Waals surface area contributed by atoms with Crippen molar-refractivity contribution in [3.8, 4) is 0 Å². The predicted octanol–water partition coefficient (Wildman–Crippen LogP) is 3.69. The van der Waals surface area contributed by atoms with Crippen molar-refractivity contribution in [1.82, 2.24) is 10.6 Å². The van der Waals surface area contributed by atoms with Crippen molar-refractivity contribution in [3.05, 3.63) is 107 Å². The molecule has 0 saturated carbocycles. The molecule has 0 atom stereocenters. The normalized spacial score (nSPS) is 10.3. The van der Waals surface area contributed by atoms with Gasteiger partial charge in [-0.2, -0.15) is 0 Å². The number of carbonyl (C=O) groups excluding carboxylic acids is 2. The first kappa shape index (κ1) is 18.3. The van der Waals surface area contributed by atoms with E-state index in [-0.39, 0.29) is 24.2 Å². The molecule has 3 aromatic rings. The molecule has 0 aliphatic heterocycles. The number of benzene rings is 3. The molecule has 0 radical (unpaired) electrons. The molecular weight excluding hydrogens is 343 g/mol. The van der Waals surface area contributed by atoms with E-state index in [4.69, 9.17) is 0 Å². The van der Waals surface area contributed by atoms with Gasteiger partial charge in [-0.25, -0.2) is 4.39 Å². The molecule has 5 heteroatoms. The quantitative estimate of drug-likeness (QED) is 0.703. The molecule has 2 amide bonds. The van der Waals surface area contributed by atoms with E-state index in [0.717, 1.165) is 11.1 Å². The van der Waals surface area contributed by atoms with E-state index in [1.54, 1.807) is 36.4 Å². The summed E-state index contributed by atoms with van der Waals surface area (Å²) < 4.78 is 12.9. The summed E-state index contributed by atoms with van der Waals surface area (Å²) in [5, 5.41) is 5.60. The van der Waals surface area contributed by atoms with Crippen LogP contribution in [0.15, 0.2) is 78.9 Å². The average molecular weight is 362 g/mol. The van der Waals surface area contributed by atoms with E-state index in [0.29, 0.717) is 17.7 Å². The van der Waals surface area contributed by atoms with Crippen molar-refractivity contribution in [2.75, 3.05) is 0 Å². The van der Waals surface area contributed by atoms with Crippen molar-refractivity contribution in [2.45, 2.75) is 13.1 Å². The topological polar surface area (TPSA) is 58.2 Å². The summed E-state index contributed by atoms with van der Waals surface area (Å²) >= 11 is 0. The van der Waals surface area contributed by atoms with Gasteiger partial charge in [0.1, 0.15) is 5.82 Å². The molecule has 0 aromatic heterocycles. The fourth-order valence-corrected chi connectivity index (χ4v) is 2.57. The molecule has 3 aromatic carbocycles. The lowest BCUT2D eigenvalue weighted by Gasteiger charge is -2.08. The van der Waals surface area contributed by atoms with Crippen LogP contribution in [0.1, 0.15) is 31.8 Å². The molecule has 0 aliphatic carbocycles. The van der Waals surface area contributed by atoms with E-state index in [9.17, 15) is 14.0 Å². The Morgan fingerprint density at radius 3 is 1.74 bits per heavy atom. The van der Waals surface area contributed by atoms with Gasteiger partial charge in [0.25, 0.3) is 11.8 Å². The lowest BCUT2D eigenvalue weighted by Crippen LogP contribution is -2.25. The molecule has 0 fully saturated rings. The summed E-state index contributed by atoms with van der Waals surface area (Å²) in [5.74, 6) is -0.858. The van der Waals surface area contributed by atoms with Gasteiger partial charge in [0.2, 0.25) is 0 Å². The maximum Gasteiger partial charge on any atom is 0.251 e. The standard InChI is InChI=1S/C22H19FN2O2/c23-20-11-9-17(10-12-20)15-25-22(27)19-8-4-7-18(13-19)21(26)24-14-16-5-2-1-3-6-16/h1-13H,14-15H2,(H,24,26)(H,25,27). The monoisotopic (exact) mass is 362 g/mol. The largest absolute Gasteiger partial charge is 0.348 e. The van der Waals surface area contributed by atoms with Crippen molar-refractivity contribution in [3.63, 3.8) is 0 Å². The van der Waals surface area contributed by atoms with Gasteiger partial charge in [-0.3, -0.25) is 9.59 Å². The summed E-state index contributed by atoms with van der Waals surface area (Å²) in [6.45, 7) is 0.699. The van der Waals surface area contributed by atoms with Crippen LogP contribution < -0.4 is 10.6 Å². The zero-order chi connectivity index (χ0) is 19.1. The summed E-state index contributed by atoms with van der Waals surface area (Å²) in [6, 6.07) is 22.1. The van der Waals surface area contributed by atoms with E-state index < -0.39 is 0 Å². The summed E-state index contributed by atoms with van der Waals surface area (Å²) in [7, 11) is 0. The minimum atomic E-state index is -0.320. The molecule has 2 N–H and O–H groups in total. The van der Waals surface area contributed by atoms with Crippen LogP contribution in [0.25, 0.3) is 0 Å². The molecule has 0 heterocycles. The van der Waals surface area contributed by atoms with E-state index in [1.807, 2.05) is 30.3 Å². The average Bonchev–Trinajstić information content (AvgIpc) is 2.72. The Hall–Kier alpha value is -3.47. The Morgan fingerprint density at radius 1 is 0.667 bits per heavy atom. The molecule has 3 rings (SSSR count). The van der Waals surface area contributed by atoms with Crippen molar-refractivity contribution < 1.29 is 14.0 Å². The SMILES string of the molecule is O=C(NCc1ccccc1)c1cccc(C(=O)NCc2ccc(F)cc2)c1. The van der Waals surface area contributed by atoms with Crippen molar-refractivity contribution in [1.29, 1.82) is 0 Å². The van der Waals surface area contributed by atoms with Gasteiger partial charge in [0, 0.05) is 24.2 Å². The van der Waals surface area contributed by atoms with Gasteiger partial charge in [0.05, 0.1) is 0 Å².